The Hall–Kier alpha value is -0.790. The molecule has 0 amide bonds. The van der Waals surface area contributed by atoms with Gasteiger partial charge in [-0.15, -0.1) is 0 Å². The van der Waals surface area contributed by atoms with Crippen LogP contribution in [0.25, 0.3) is 0 Å². The molecule has 1 unspecified atom stereocenters. The van der Waals surface area contributed by atoms with E-state index in [1.807, 2.05) is 13.0 Å². The van der Waals surface area contributed by atoms with Crippen LogP contribution in [-0.4, -0.2) is 12.1 Å². The maximum absolute atomic E-state index is 10.1. The van der Waals surface area contributed by atoms with Crippen LogP contribution in [0.15, 0.2) is 12.2 Å². The lowest BCUT2D eigenvalue weighted by molar-refractivity contribution is -0.139. The highest BCUT2D eigenvalue weighted by molar-refractivity contribution is 5.39. The first-order valence-corrected chi connectivity index (χ1v) is 3.62. The van der Waals surface area contributed by atoms with Gasteiger partial charge in [-0.05, 0) is 25.3 Å². The summed E-state index contributed by atoms with van der Waals surface area (Å²) in [6.45, 7) is 2.57. The second kappa shape index (κ2) is 2.86. The topological polar surface area (TPSA) is 26.3 Å². The van der Waals surface area contributed by atoms with E-state index in [-0.39, 0.29) is 5.60 Å². The van der Waals surface area contributed by atoms with Crippen molar-refractivity contribution in [3.8, 4) is 0 Å². The molecule has 1 aliphatic rings. The van der Waals surface area contributed by atoms with Gasteiger partial charge in [0.05, 0.1) is 0 Å². The third kappa shape index (κ3) is 1.20. The van der Waals surface area contributed by atoms with Gasteiger partial charge in [-0.1, -0.05) is 13.0 Å². The summed E-state index contributed by atoms with van der Waals surface area (Å²) in [4.78, 5) is 10.1. The summed E-state index contributed by atoms with van der Waals surface area (Å²) in [6.07, 6.45) is 6.90. The third-order valence-electron chi connectivity index (χ3n) is 2.04. The van der Waals surface area contributed by atoms with Gasteiger partial charge in [0.25, 0.3) is 6.47 Å². The van der Waals surface area contributed by atoms with Crippen molar-refractivity contribution in [2.75, 3.05) is 0 Å². The largest absolute Gasteiger partial charge is 0.457 e. The molecule has 0 fully saturated rings. The average molecular weight is 140 g/mol. The van der Waals surface area contributed by atoms with Crippen LogP contribution >= 0.6 is 0 Å². The van der Waals surface area contributed by atoms with Crippen molar-refractivity contribution in [1.82, 2.24) is 0 Å². The molecular weight excluding hydrogens is 128 g/mol. The molecule has 0 spiro atoms. The molecule has 0 aliphatic heterocycles. The molecule has 0 N–H and O–H groups in total. The van der Waals surface area contributed by atoms with Gasteiger partial charge >= 0.3 is 0 Å². The molecule has 0 heterocycles. The lowest BCUT2D eigenvalue weighted by atomic mass is 10.0. The molecule has 1 rings (SSSR count). The van der Waals surface area contributed by atoms with Crippen molar-refractivity contribution >= 4 is 6.47 Å². The highest BCUT2D eigenvalue weighted by atomic mass is 16.5. The Bertz CT molecular complexity index is 151. The standard InChI is InChI=1S/C8H12O2/c1-2-8(10-7-9)5-3-4-6-8/h3,5,7H,2,4,6H2,1H3. The van der Waals surface area contributed by atoms with E-state index < -0.39 is 0 Å². The second-order valence-electron chi connectivity index (χ2n) is 2.57. The highest BCUT2D eigenvalue weighted by Crippen LogP contribution is 2.28. The van der Waals surface area contributed by atoms with Crippen LogP contribution < -0.4 is 0 Å². The molecular formula is C8H12O2. The number of ether oxygens (including phenoxy) is 1. The smallest absolute Gasteiger partial charge is 0.293 e. The lowest BCUT2D eigenvalue weighted by Gasteiger charge is -2.22. The summed E-state index contributed by atoms with van der Waals surface area (Å²) >= 11 is 0. The number of rotatable bonds is 3. The Morgan fingerprint density at radius 3 is 3.00 bits per heavy atom. The predicted molar refractivity (Wildman–Crippen MR) is 38.5 cm³/mol. The second-order valence-corrected chi connectivity index (χ2v) is 2.57. The zero-order valence-corrected chi connectivity index (χ0v) is 6.17. The molecule has 0 saturated heterocycles. The lowest BCUT2D eigenvalue weighted by Crippen LogP contribution is -2.25. The van der Waals surface area contributed by atoms with Crippen molar-refractivity contribution in [2.24, 2.45) is 0 Å². The van der Waals surface area contributed by atoms with Gasteiger partial charge in [-0.3, -0.25) is 4.79 Å². The SMILES string of the molecule is CCC1(OC=O)C=CCC1. The van der Waals surface area contributed by atoms with Gasteiger partial charge in [0, 0.05) is 0 Å². The van der Waals surface area contributed by atoms with E-state index in [0.29, 0.717) is 6.47 Å². The molecule has 0 aromatic carbocycles. The van der Waals surface area contributed by atoms with Crippen molar-refractivity contribution < 1.29 is 9.53 Å². The van der Waals surface area contributed by atoms with Crippen molar-refractivity contribution in [1.29, 1.82) is 0 Å². The first-order chi connectivity index (χ1) is 4.83. The molecule has 0 aromatic heterocycles. The fourth-order valence-corrected chi connectivity index (χ4v) is 1.28. The van der Waals surface area contributed by atoms with E-state index >= 15 is 0 Å². The first-order valence-electron chi connectivity index (χ1n) is 3.62. The Morgan fingerprint density at radius 1 is 1.80 bits per heavy atom. The van der Waals surface area contributed by atoms with E-state index in [1.54, 1.807) is 0 Å². The van der Waals surface area contributed by atoms with Crippen LogP contribution in [0.3, 0.4) is 0 Å². The third-order valence-corrected chi connectivity index (χ3v) is 2.04. The number of hydrogen-bond acceptors (Lipinski definition) is 2. The maximum Gasteiger partial charge on any atom is 0.293 e. The van der Waals surface area contributed by atoms with Crippen LogP contribution in [-0.2, 0) is 9.53 Å². The fraction of sp³-hybridized carbons (Fsp3) is 0.625. The minimum absolute atomic E-state index is 0.262. The van der Waals surface area contributed by atoms with Crippen LogP contribution in [0, 0.1) is 0 Å². The van der Waals surface area contributed by atoms with Crippen LogP contribution in [0.4, 0.5) is 0 Å². The summed E-state index contributed by atoms with van der Waals surface area (Å²) in [5, 5.41) is 0. The summed E-state index contributed by atoms with van der Waals surface area (Å²) in [5.74, 6) is 0. The Kier molecular flexibility index (Phi) is 2.10. The summed E-state index contributed by atoms with van der Waals surface area (Å²) < 4.78 is 4.97. The van der Waals surface area contributed by atoms with Gasteiger partial charge < -0.3 is 4.74 Å². The molecule has 10 heavy (non-hydrogen) atoms. The molecule has 2 nitrogen and oxygen atoms in total. The summed E-state index contributed by atoms with van der Waals surface area (Å²) in [5.41, 5.74) is -0.262. The van der Waals surface area contributed by atoms with Crippen molar-refractivity contribution in [2.45, 2.75) is 31.8 Å². The van der Waals surface area contributed by atoms with Crippen molar-refractivity contribution in [3.05, 3.63) is 12.2 Å². The van der Waals surface area contributed by atoms with Gasteiger partial charge in [-0.25, -0.2) is 0 Å². The zero-order chi connectivity index (χ0) is 7.45. The minimum atomic E-state index is -0.262. The van der Waals surface area contributed by atoms with E-state index in [0.717, 1.165) is 19.3 Å². The molecule has 0 bridgehead atoms. The summed E-state index contributed by atoms with van der Waals surface area (Å²) in [6, 6.07) is 0. The van der Waals surface area contributed by atoms with E-state index in [2.05, 4.69) is 6.08 Å². The molecule has 1 atom stereocenters. The fourth-order valence-electron chi connectivity index (χ4n) is 1.28. The molecule has 1 aliphatic carbocycles. The van der Waals surface area contributed by atoms with E-state index in [9.17, 15) is 4.79 Å². The predicted octanol–water partition coefficient (Wildman–Crippen LogP) is 1.66. The zero-order valence-electron chi connectivity index (χ0n) is 6.17. The van der Waals surface area contributed by atoms with E-state index in [4.69, 9.17) is 4.74 Å². The van der Waals surface area contributed by atoms with Gasteiger partial charge in [0.2, 0.25) is 0 Å². The quantitative estimate of drug-likeness (QED) is 0.440. The van der Waals surface area contributed by atoms with E-state index in [1.165, 1.54) is 0 Å². The number of hydrogen-bond donors (Lipinski definition) is 0. The monoisotopic (exact) mass is 140 g/mol. The summed E-state index contributed by atoms with van der Waals surface area (Å²) in [7, 11) is 0. The maximum atomic E-state index is 10.1. The minimum Gasteiger partial charge on any atom is -0.457 e. The average Bonchev–Trinajstić information content (AvgIpc) is 2.39. The molecule has 0 aromatic rings. The Labute approximate surface area is 60.9 Å². The molecule has 56 valence electrons. The van der Waals surface area contributed by atoms with Crippen molar-refractivity contribution in [3.63, 3.8) is 0 Å². The molecule has 0 radical (unpaired) electrons. The number of allylic oxidation sites excluding steroid dienone is 1. The van der Waals surface area contributed by atoms with Crippen LogP contribution in [0.1, 0.15) is 26.2 Å². The van der Waals surface area contributed by atoms with Gasteiger partial charge in [0.15, 0.2) is 0 Å². The van der Waals surface area contributed by atoms with Crippen LogP contribution in [0.2, 0.25) is 0 Å². The van der Waals surface area contributed by atoms with Crippen LogP contribution in [0.5, 0.6) is 0 Å². The normalized spacial score (nSPS) is 30.5. The number of carbonyl (C=O) groups excluding carboxylic acids is 1. The first kappa shape index (κ1) is 7.32. The Balaban J connectivity index is 2.58. The highest BCUT2D eigenvalue weighted by Gasteiger charge is 2.28. The van der Waals surface area contributed by atoms with Gasteiger partial charge in [0.1, 0.15) is 5.60 Å². The molecule has 0 saturated carbocycles. The van der Waals surface area contributed by atoms with Gasteiger partial charge in [-0.2, -0.15) is 0 Å². The Morgan fingerprint density at radius 2 is 2.60 bits per heavy atom. The number of carbonyl (C=O) groups is 1. The molecule has 2 heteroatoms.